The lowest BCUT2D eigenvalue weighted by Crippen LogP contribution is -2.29. The van der Waals surface area contributed by atoms with Crippen molar-refractivity contribution in [2.75, 3.05) is 11.9 Å². The molecule has 5 nitrogen and oxygen atoms in total. The predicted molar refractivity (Wildman–Crippen MR) is 82.1 cm³/mol. The molecule has 0 radical (unpaired) electrons. The van der Waals surface area contributed by atoms with Gasteiger partial charge in [-0.2, -0.15) is 0 Å². The number of anilines is 1. The van der Waals surface area contributed by atoms with Gasteiger partial charge in [0.2, 0.25) is 5.13 Å². The Labute approximate surface area is 124 Å². The van der Waals surface area contributed by atoms with Gasteiger partial charge in [0.05, 0.1) is 0 Å². The summed E-state index contributed by atoms with van der Waals surface area (Å²) in [6.45, 7) is 2.86. The molecule has 20 heavy (non-hydrogen) atoms. The Morgan fingerprint density at radius 1 is 1.30 bits per heavy atom. The number of hydrogen-bond donors (Lipinski definition) is 2. The fourth-order valence-corrected chi connectivity index (χ4v) is 3.42. The van der Waals surface area contributed by atoms with Gasteiger partial charge in [-0.05, 0) is 12.3 Å². The molecule has 1 heterocycles. The summed E-state index contributed by atoms with van der Waals surface area (Å²) in [5.74, 6) is 0.763. The van der Waals surface area contributed by atoms with Gasteiger partial charge in [-0.1, -0.05) is 56.8 Å². The normalized spacial score (nSPS) is 15.4. The van der Waals surface area contributed by atoms with Gasteiger partial charge < -0.3 is 5.32 Å². The van der Waals surface area contributed by atoms with Crippen LogP contribution in [0.5, 0.6) is 0 Å². The van der Waals surface area contributed by atoms with E-state index in [1.54, 1.807) is 0 Å². The van der Waals surface area contributed by atoms with Crippen molar-refractivity contribution in [2.24, 2.45) is 5.92 Å². The summed E-state index contributed by atoms with van der Waals surface area (Å²) < 4.78 is 0. The molecule has 6 heteroatoms. The third-order valence-corrected chi connectivity index (χ3v) is 4.55. The highest BCUT2D eigenvalue weighted by atomic mass is 32.1. The Hall–Kier alpha value is -1.17. The topological polar surface area (TPSA) is 66.9 Å². The Morgan fingerprint density at radius 2 is 2.10 bits per heavy atom. The summed E-state index contributed by atoms with van der Waals surface area (Å²) in [6.07, 6.45) is 9.63. The van der Waals surface area contributed by atoms with E-state index in [4.69, 9.17) is 0 Å². The van der Waals surface area contributed by atoms with Crippen molar-refractivity contribution in [1.82, 2.24) is 15.5 Å². The first-order valence-corrected chi connectivity index (χ1v) is 8.47. The number of aromatic nitrogens is 2. The van der Waals surface area contributed by atoms with E-state index in [9.17, 15) is 4.79 Å². The Kier molecular flexibility index (Phi) is 6.24. The van der Waals surface area contributed by atoms with Crippen molar-refractivity contribution in [1.29, 1.82) is 0 Å². The van der Waals surface area contributed by atoms with Gasteiger partial charge in [0, 0.05) is 13.0 Å². The van der Waals surface area contributed by atoms with Gasteiger partial charge >= 0.3 is 6.03 Å². The third kappa shape index (κ3) is 5.07. The zero-order valence-electron chi connectivity index (χ0n) is 12.2. The van der Waals surface area contributed by atoms with Crippen molar-refractivity contribution in [3.63, 3.8) is 0 Å². The molecule has 2 amide bonds. The van der Waals surface area contributed by atoms with Crippen molar-refractivity contribution in [3.8, 4) is 0 Å². The van der Waals surface area contributed by atoms with Gasteiger partial charge in [-0.15, -0.1) is 10.2 Å². The molecule has 0 saturated heterocycles. The molecule has 0 aromatic carbocycles. The first-order valence-electron chi connectivity index (χ1n) is 7.65. The van der Waals surface area contributed by atoms with E-state index in [2.05, 4.69) is 27.8 Å². The Morgan fingerprint density at radius 3 is 2.85 bits per heavy atom. The molecule has 1 fully saturated rings. The fourth-order valence-electron chi connectivity index (χ4n) is 2.57. The molecular formula is C14H24N4OS. The molecule has 1 saturated carbocycles. The maximum atomic E-state index is 11.6. The molecule has 0 bridgehead atoms. The van der Waals surface area contributed by atoms with Gasteiger partial charge in [0.25, 0.3) is 0 Å². The standard InChI is InChI=1S/C14H24N4OS/c1-2-3-6-9-15-13(19)16-14-18-17-12(20-14)10-11-7-4-5-8-11/h11H,2-10H2,1H3,(H2,15,16,18,19). The second-order valence-corrected chi connectivity index (χ2v) is 6.51. The van der Waals surface area contributed by atoms with Crippen molar-refractivity contribution in [3.05, 3.63) is 5.01 Å². The van der Waals surface area contributed by atoms with Crippen LogP contribution in [0.15, 0.2) is 0 Å². The van der Waals surface area contributed by atoms with Crippen LogP contribution in [0.3, 0.4) is 0 Å². The number of urea groups is 1. The second kappa shape index (κ2) is 8.19. The highest BCUT2D eigenvalue weighted by Gasteiger charge is 2.18. The van der Waals surface area contributed by atoms with Gasteiger partial charge in [-0.3, -0.25) is 5.32 Å². The molecule has 112 valence electrons. The van der Waals surface area contributed by atoms with Gasteiger partial charge in [-0.25, -0.2) is 4.79 Å². The SMILES string of the molecule is CCCCCNC(=O)Nc1nnc(CC2CCCC2)s1. The van der Waals surface area contributed by atoms with Crippen LogP contribution in [0.1, 0.15) is 56.9 Å². The average molecular weight is 296 g/mol. The van der Waals surface area contributed by atoms with Crippen LogP contribution in [-0.4, -0.2) is 22.8 Å². The molecule has 0 spiro atoms. The smallest absolute Gasteiger partial charge is 0.321 e. The molecule has 1 aromatic rings. The average Bonchev–Trinajstić information content (AvgIpc) is 3.08. The molecule has 1 aliphatic carbocycles. The minimum Gasteiger partial charge on any atom is -0.338 e. The monoisotopic (exact) mass is 296 g/mol. The highest BCUT2D eigenvalue weighted by molar-refractivity contribution is 7.15. The van der Waals surface area contributed by atoms with Crippen molar-refractivity contribution in [2.45, 2.75) is 58.3 Å². The van der Waals surface area contributed by atoms with Crippen LogP contribution in [0.2, 0.25) is 0 Å². The van der Waals surface area contributed by atoms with E-state index in [1.807, 2.05) is 0 Å². The quantitative estimate of drug-likeness (QED) is 0.756. The molecule has 1 aromatic heterocycles. The lowest BCUT2D eigenvalue weighted by atomic mass is 10.1. The molecule has 0 aliphatic heterocycles. The minimum absolute atomic E-state index is 0.176. The summed E-state index contributed by atoms with van der Waals surface area (Å²) in [5.41, 5.74) is 0. The van der Waals surface area contributed by atoms with Gasteiger partial charge in [0.1, 0.15) is 5.01 Å². The summed E-state index contributed by atoms with van der Waals surface area (Å²) in [7, 11) is 0. The lowest BCUT2D eigenvalue weighted by molar-refractivity contribution is 0.252. The minimum atomic E-state index is -0.176. The second-order valence-electron chi connectivity index (χ2n) is 5.44. The molecular weight excluding hydrogens is 272 g/mol. The number of carbonyl (C=O) groups excluding carboxylic acids is 1. The number of carbonyl (C=O) groups is 1. The number of amides is 2. The molecule has 2 rings (SSSR count). The summed E-state index contributed by atoms with van der Waals surface area (Å²) in [5, 5.41) is 15.4. The first-order chi connectivity index (χ1) is 9.78. The van der Waals surface area contributed by atoms with Crippen molar-refractivity contribution < 1.29 is 4.79 Å². The Bertz CT molecular complexity index is 415. The molecule has 1 aliphatic rings. The summed E-state index contributed by atoms with van der Waals surface area (Å²) >= 11 is 1.50. The van der Waals surface area contributed by atoms with Crippen LogP contribution >= 0.6 is 11.3 Å². The number of rotatable bonds is 7. The molecule has 2 N–H and O–H groups in total. The zero-order chi connectivity index (χ0) is 14.2. The van der Waals surface area contributed by atoms with Gasteiger partial charge in [0.15, 0.2) is 0 Å². The van der Waals surface area contributed by atoms with E-state index in [-0.39, 0.29) is 6.03 Å². The van der Waals surface area contributed by atoms with E-state index >= 15 is 0 Å². The summed E-state index contributed by atoms with van der Waals surface area (Å²) in [4.78, 5) is 11.6. The van der Waals surface area contributed by atoms with E-state index < -0.39 is 0 Å². The number of nitrogens with zero attached hydrogens (tertiary/aromatic N) is 2. The number of hydrogen-bond acceptors (Lipinski definition) is 4. The largest absolute Gasteiger partial charge is 0.338 e. The van der Waals surface area contributed by atoms with Crippen LogP contribution < -0.4 is 10.6 Å². The maximum absolute atomic E-state index is 11.6. The van der Waals surface area contributed by atoms with E-state index in [0.29, 0.717) is 11.7 Å². The lowest BCUT2D eigenvalue weighted by Gasteiger charge is -2.04. The number of nitrogens with one attached hydrogen (secondary N) is 2. The predicted octanol–water partition coefficient (Wildman–Crippen LogP) is 3.58. The molecule has 0 unspecified atom stereocenters. The van der Waals surface area contributed by atoms with E-state index in [0.717, 1.165) is 36.6 Å². The fraction of sp³-hybridized carbons (Fsp3) is 0.786. The van der Waals surface area contributed by atoms with Crippen LogP contribution in [0.25, 0.3) is 0 Å². The molecule has 0 atom stereocenters. The number of unbranched alkanes of at least 4 members (excludes halogenated alkanes) is 2. The van der Waals surface area contributed by atoms with Crippen molar-refractivity contribution >= 4 is 22.5 Å². The Balaban J connectivity index is 1.70. The third-order valence-electron chi connectivity index (χ3n) is 3.69. The van der Waals surface area contributed by atoms with Crippen LogP contribution in [0.4, 0.5) is 9.93 Å². The highest BCUT2D eigenvalue weighted by Crippen LogP contribution is 2.29. The summed E-state index contributed by atoms with van der Waals surface area (Å²) in [6, 6.07) is -0.176. The first kappa shape index (κ1) is 15.2. The van der Waals surface area contributed by atoms with Crippen LogP contribution in [0, 0.1) is 5.92 Å². The van der Waals surface area contributed by atoms with Crippen LogP contribution in [-0.2, 0) is 6.42 Å². The van der Waals surface area contributed by atoms with E-state index in [1.165, 1.54) is 37.0 Å². The zero-order valence-corrected chi connectivity index (χ0v) is 13.0. The maximum Gasteiger partial charge on any atom is 0.321 e.